The zero-order valence-corrected chi connectivity index (χ0v) is 18.8. The lowest BCUT2D eigenvalue weighted by Crippen LogP contribution is -2.13. The third-order valence-electron chi connectivity index (χ3n) is 4.35. The molecule has 0 atom stereocenters. The lowest BCUT2D eigenvalue weighted by atomic mass is 10.1. The fraction of sp³-hybridized carbons (Fsp3) is 0.120. The van der Waals surface area contributed by atoms with Crippen LogP contribution in [0.3, 0.4) is 0 Å². The fourth-order valence-electron chi connectivity index (χ4n) is 2.83. The van der Waals surface area contributed by atoms with Crippen LogP contribution in [0.25, 0.3) is 6.08 Å². The highest BCUT2D eigenvalue weighted by Gasteiger charge is 2.12. The monoisotopic (exact) mass is 466 g/mol. The van der Waals surface area contributed by atoms with Gasteiger partial charge in [0.1, 0.15) is 18.2 Å². The number of anilines is 1. The van der Waals surface area contributed by atoms with Crippen molar-refractivity contribution < 1.29 is 14.3 Å². The Labute approximate surface area is 196 Å². The van der Waals surface area contributed by atoms with Crippen LogP contribution < -0.4 is 14.8 Å². The molecular weight excluding hydrogens is 447 g/mol. The van der Waals surface area contributed by atoms with Crippen molar-refractivity contribution in [1.82, 2.24) is 0 Å². The van der Waals surface area contributed by atoms with Crippen LogP contribution >= 0.6 is 23.2 Å². The molecule has 32 heavy (non-hydrogen) atoms. The van der Waals surface area contributed by atoms with E-state index in [0.29, 0.717) is 39.4 Å². The van der Waals surface area contributed by atoms with Gasteiger partial charge in [-0.2, -0.15) is 5.26 Å². The first-order valence-corrected chi connectivity index (χ1v) is 10.6. The van der Waals surface area contributed by atoms with E-state index < -0.39 is 5.91 Å². The van der Waals surface area contributed by atoms with E-state index in [-0.39, 0.29) is 12.2 Å². The van der Waals surface area contributed by atoms with Gasteiger partial charge in [0.05, 0.1) is 16.7 Å². The first kappa shape index (κ1) is 23.2. The second kappa shape index (κ2) is 11.2. The second-order valence-corrected chi connectivity index (χ2v) is 7.48. The van der Waals surface area contributed by atoms with Crippen molar-refractivity contribution in [2.24, 2.45) is 0 Å². The van der Waals surface area contributed by atoms with Crippen LogP contribution in [0, 0.1) is 11.3 Å². The Morgan fingerprint density at radius 3 is 2.47 bits per heavy atom. The van der Waals surface area contributed by atoms with Gasteiger partial charge in [-0.3, -0.25) is 4.79 Å². The molecule has 3 aromatic carbocycles. The van der Waals surface area contributed by atoms with Crippen molar-refractivity contribution in [3.63, 3.8) is 0 Å². The van der Waals surface area contributed by atoms with E-state index in [2.05, 4.69) is 5.32 Å². The van der Waals surface area contributed by atoms with Gasteiger partial charge >= 0.3 is 0 Å². The zero-order chi connectivity index (χ0) is 22.9. The third-order valence-corrected chi connectivity index (χ3v) is 5.09. The summed E-state index contributed by atoms with van der Waals surface area (Å²) in [7, 11) is 0. The Kier molecular flexibility index (Phi) is 8.15. The fourth-order valence-corrected chi connectivity index (χ4v) is 3.15. The van der Waals surface area contributed by atoms with E-state index in [1.165, 1.54) is 6.08 Å². The van der Waals surface area contributed by atoms with Crippen LogP contribution in [-0.2, 0) is 11.4 Å². The van der Waals surface area contributed by atoms with Crippen LogP contribution in [0.5, 0.6) is 11.5 Å². The van der Waals surface area contributed by atoms with E-state index in [1.807, 2.05) is 25.1 Å². The molecular formula is C25H20Cl2N2O3. The van der Waals surface area contributed by atoms with E-state index in [9.17, 15) is 10.1 Å². The average Bonchev–Trinajstić information content (AvgIpc) is 2.80. The highest BCUT2D eigenvalue weighted by atomic mass is 35.5. The Hall–Kier alpha value is -3.46. The van der Waals surface area contributed by atoms with Gasteiger partial charge in [0, 0.05) is 5.69 Å². The smallest absolute Gasteiger partial charge is 0.266 e. The predicted octanol–water partition coefficient (Wildman–Crippen LogP) is 6.52. The SMILES string of the molecule is CCOc1cc(/C=C(/C#N)C(=O)Nc2ccccc2)ccc1OCc1ccc(Cl)c(Cl)c1. The highest BCUT2D eigenvalue weighted by Crippen LogP contribution is 2.31. The molecule has 162 valence electrons. The number of para-hydroxylation sites is 1. The molecule has 0 fully saturated rings. The first-order chi connectivity index (χ1) is 15.5. The van der Waals surface area contributed by atoms with Gasteiger partial charge in [0.2, 0.25) is 0 Å². The van der Waals surface area contributed by atoms with E-state index in [4.69, 9.17) is 32.7 Å². The number of rotatable bonds is 8. The molecule has 7 heteroatoms. The minimum atomic E-state index is -0.489. The molecule has 0 aliphatic rings. The normalized spacial score (nSPS) is 10.9. The van der Waals surface area contributed by atoms with Gasteiger partial charge in [-0.25, -0.2) is 0 Å². The number of carbonyl (C=O) groups is 1. The molecule has 0 aromatic heterocycles. The van der Waals surface area contributed by atoms with Crippen LogP contribution in [0.15, 0.2) is 72.3 Å². The van der Waals surface area contributed by atoms with Crippen LogP contribution in [0.4, 0.5) is 5.69 Å². The second-order valence-electron chi connectivity index (χ2n) is 6.67. The number of ether oxygens (including phenoxy) is 2. The molecule has 1 amide bonds. The van der Waals surface area contributed by atoms with Gasteiger partial charge in [-0.15, -0.1) is 0 Å². The number of halogens is 2. The Balaban J connectivity index is 1.78. The van der Waals surface area contributed by atoms with Gasteiger partial charge in [0.25, 0.3) is 5.91 Å². The molecule has 0 saturated carbocycles. The zero-order valence-electron chi connectivity index (χ0n) is 17.3. The maximum absolute atomic E-state index is 12.5. The Morgan fingerprint density at radius 2 is 1.78 bits per heavy atom. The largest absolute Gasteiger partial charge is 0.490 e. The number of benzene rings is 3. The molecule has 0 saturated heterocycles. The minimum absolute atomic E-state index is 0.0271. The summed E-state index contributed by atoms with van der Waals surface area (Å²) in [6.45, 7) is 2.56. The van der Waals surface area contributed by atoms with Crippen LogP contribution in [0.1, 0.15) is 18.1 Å². The van der Waals surface area contributed by atoms with Crippen molar-refractivity contribution in [1.29, 1.82) is 5.26 Å². The molecule has 0 bridgehead atoms. The van der Waals surface area contributed by atoms with E-state index in [1.54, 1.807) is 54.6 Å². The summed E-state index contributed by atoms with van der Waals surface area (Å²) in [5.41, 5.74) is 2.07. The van der Waals surface area contributed by atoms with Gasteiger partial charge < -0.3 is 14.8 Å². The highest BCUT2D eigenvalue weighted by molar-refractivity contribution is 6.42. The number of amides is 1. The summed E-state index contributed by atoms with van der Waals surface area (Å²) in [5.74, 6) is 0.543. The summed E-state index contributed by atoms with van der Waals surface area (Å²) >= 11 is 12.0. The molecule has 0 radical (unpaired) electrons. The molecule has 3 rings (SSSR count). The van der Waals surface area contributed by atoms with Crippen molar-refractivity contribution in [3.8, 4) is 17.6 Å². The summed E-state index contributed by atoms with van der Waals surface area (Å²) < 4.78 is 11.6. The first-order valence-electron chi connectivity index (χ1n) is 9.82. The summed E-state index contributed by atoms with van der Waals surface area (Å²) in [4.78, 5) is 12.5. The summed E-state index contributed by atoms with van der Waals surface area (Å²) in [6, 6.07) is 21.4. The summed E-state index contributed by atoms with van der Waals surface area (Å²) in [6.07, 6.45) is 1.50. The minimum Gasteiger partial charge on any atom is -0.490 e. The summed E-state index contributed by atoms with van der Waals surface area (Å²) in [5, 5.41) is 13.1. The quantitative estimate of drug-likeness (QED) is 0.303. The molecule has 5 nitrogen and oxygen atoms in total. The van der Waals surface area contributed by atoms with Crippen LogP contribution in [-0.4, -0.2) is 12.5 Å². The lowest BCUT2D eigenvalue weighted by molar-refractivity contribution is -0.112. The van der Waals surface area contributed by atoms with E-state index >= 15 is 0 Å². The number of nitrogens with one attached hydrogen (secondary N) is 1. The lowest BCUT2D eigenvalue weighted by Gasteiger charge is -2.13. The van der Waals surface area contributed by atoms with Crippen molar-refractivity contribution in [3.05, 3.63) is 93.5 Å². The van der Waals surface area contributed by atoms with Crippen molar-refractivity contribution in [2.75, 3.05) is 11.9 Å². The third kappa shape index (κ3) is 6.27. The molecule has 3 aromatic rings. The number of hydrogen-bond acceptors (Lipinski definition) is 4. The molecule has 1 N–H and O–H groups in total. The Bertz CT molecular complexity index is 1170. The molecule has 0 spiro atoms. The molecule has 0 unspecified atom stereocenters. The van der Waals surface area contributed by atoms with Crippen LogP contribution in [0.2, 0.25) is 10.0 Å². The molecule has 0 aliphatic carbocycles. The Morgan fingerprint density at radius 1 is 1.00 bits per heavy atom. The number of nitriles is 1. The van der Waals surface area contributed by atoms with Gasteiger partial charge in [-0.1, -0.05) is 53.5 Å². The standard InChI is InChI=1S/C25H20Cl2N2O3/c1-2-31-24-14-17(12-19(15-28)25(30)29-20-6-4-3-5-7-20)9-11-23(24)32-16-18-8-10-21(26)22(27)13-18/h3-14H,2,16H2,1H3,(H,29,30)/b19-12-. The topological polar surface area (TPSA) is 71.3 Å². The van der Waals surface area contributed by atoms with E-state index in [0.717, 1.165) is 5.56 Å². The number of nitrogens with zero attached hydrogens (tertiary/aromatic N) is 1. The maximum atomic E-state index is 12.5. The van der Waals surface area contributed by atoms with Crippen molar-refractivity contribution >= 4 is 40.9 Å². The predicted molar refractivity (Wildman–Crippen MR) is 127 cm³/mol. The van der Waals surface area contributed by atoms with Gasteiger partial charge in [-0.05, 0) is 60.5 Å². The number of carbonyl (C=O) groups excluding carboxylic acids is 1. The van der Waals surface area contributed by atoms with Gasteiger partial charge in [0.15, 0.2) is 11.5 Å². The average molecular weight is 467 g/mol. The number of hydrogen-bond donors (Lipinski definition) is 1. The maximum Gasteiger partial charge on any atom is 0.266 e. The molecule has 0 heterocycles. The molecule has 0 aliphatic heterocycles. The van der Waals surface area contributed by atoms with Crippen molar-refractivity contribution in [2.45, 2.75) is 13.5 Å².